The topological polar surface area (TPSA) is 21.3 Å². The lowest BCUT2D eigenvalue weighted by atomic mass is 10.0. The van der Waals surface area contributed by atoms with Crippen molar-refractivity contribution in [1.29, 1.82) is 0 Å². The first-order valence-corrected chi connectivity index (χ1v) is 4.95. The lowest BCUT2D eigenvalue weighted by Gasteiger charge is -2.28. The van der Waals surface area contributed by atoms with E-state index in [1.807, 2.05) is 6.92 Å². The average molecular weight is 194 g/mol. The molecule has 0 aromatic carbocycles. The number of halogens is 1. The summed E-state index contributed by atoms with van der Waals surface area (Å²) in [6.07, 6.45) is 1.28. The number of nitrogens with one attached hydrogen (secondary N) is 1. The zero-order valence-electron chi connectivity index (χ0n) is 8.48. The summed E-state index contributed by atoms with van der Waals surface area (Å²) < 4.78 is 5.13. The van der Waals surface area contributed by atoms with E-state index in [1.54, 1.807) is 7.11 Å². The zero-order valence-corrected chi connectivity index (χ0v) is 9.24. The fourth-order valence-corrected chi connectivity index (χ4v) is 1.02. The lowest BCUT2D eigenvalue weighted by Crippen LogP contribution is -2.46. The molecule has 12 heavy (non-hydrogen) atoms. The first-order chi connectivity index (χ1) is 5.58. The Morgan fingerprint density at radius 3 is 2.50 bits per heavy atom. The van der Waals surface area contributed by atoms with E-state index in [4.69, 9.17) is 16.3 Å². The van der Waals surface area contributed by atoms with Gasteiger partial charge in [-0.1, -0.05) is 6.92 Å². The first kappa shape index (κ1) is 12.2. The fraction of sp³-hybridized carbons (Fsp3) is 1.00. The van der Waals surface area contributed by atoms with Crippen molar-refractivity contribution in [2.45, 2.75) is 38.8 Å². The van der Waals surface area contributed by atoms with Gasteiger partial charge in [0.1, 0.15) is 0 Å². The van der Waals surface area contributed by atoms with Gasteiger partial charge in [0, 0.05) is 25.1 Å². The first-order valence-electron chi connectivity index (χ1n) is 4.41. The molecule has 1 N–H and O–H groups in total. The molecule has 0 rings (SSSR count). The Morgan fingerprint density at radius 1 is 1.58 bits per heavy atom. The molecule has 2 unspecified atom stereocenters. The Balaban J connectivity index is 3.72. The van der Waals surface area contributed by atoms with E-state index in [2.05, 4.69) is 19.2 Å². The molecule has 0 heterocycles. The second-order valence-corrected chi connectivity index (χ2v) is 3.74. The van der Waals surface area contributed by atoms with Gasteiger partial charge in [0.15, 0.2) is 0 Å². The minimum absolute atomic E-state index is 0.0499. The molecule has 0 bridgehead atoms. The minimum Gasteiger partial charge on any atom is -0.380 e. The van der Waals surface area contributed by atoms with Crippen molar-refractivity contribution in [2.24, 2.45) is 0 Å². The quantitative estimate of drug-likeness (QED) is 0.652. The van der Waals surface area contributed by atoms with Crippen molar-refractivity contribution in [1.82, 2.24) is 5.32 Å². The van der Waals surface area contributed by atoms with Crippen LogP contribution in [0.4, 0.5) is 0 Å². The van der Waals surface area contributed by atoms with Gasteiger partial charge in [0.25, 0.3) is 0 Å². The summed E-state index contributed by atoms with van der Waals surface area (Å²) in [4.78, 5) is 0. The molecule has 2 nitrogen and oxygen atoms in total. The van der Waals surface area contributed by atoms with Crippen LogP contribution in [-0.2, 0) is 4.74 Å². The second-order valence-electron chi connectivity index (χ2n) is 3.48. The standard InChI is InChI=1S/C9H20ClNO/c1-5-9(3,7-10)11-6-8(2)12-4/h8,11H,5-7H2,1-4H3. The number of rotatable bonds is 6. The van der Waals surface area contributed by atoms with E-state index in [1.165, 1.54) is 0 Å². The van der Waals surface area contributed by atoms with Crippen LogP contribution < -0.4 is 5.32 Å². The minimum atomic E-state index is 0.0499. The molecular formula is C9H20ClNO. The summed E-state index contributed by atoms with van der Waals surface area (Å²) in [6.45, 7) is 7.15. The van der Waals surface area contributed by atoms with Crippen LogP contribution in [0.5, 0.6) is 0 Å². The second kappa shape index (κ2) is 5.79. The van der Waals surface area contributed by atoms with E-state index >= 15 is 0 Å². The summed E-state index contributed by atoms with van der Waals surface area (Å²) in [5, 5.41) is 3.39. The van der Waals surface area contributed by atoms with Gasteiger partial charge in [-0.15, -0.1) is 11.6 Å². The van der Waals surface area contributed by atoms with Crippen molar-refractivity contribution >= 4 is 11.6 Å². The van der Waals surface area contributed by atoms with Gasteiger partial charge in [-0.25, -0.2) is 0 Å². The van der Waals surface area contributed by atoms with Gasteiger partial charge in [0.2, 0.25) is 0 Å². The molecule has 0 amide bonds. The Bertz CT molecular complexity index is 115. The van der Waals surface area contributed by atoms with Gasteiger partial charge >= 0.3 is 0 Å². The third-order valence-electron chi connectivity index (χ3n) is 2.29. The maximum absolute atomic E-state index is 5.83. The van der Waals surface area contributed by atoms with Crippen LogP contribution in [0, 0.1) is 0 Å². The third-order valence-corrected chi connectivity index (χ3v) is 2.88. The molecule has 2 atom stereocenters. The number of ether oxygens (including phenoxy) is 1. The van der Waals surface area contributed by atoms with Gasteiger partial charge in [-0.2, -0.15) is 0 Å². The van der Waals surface area contributed by atoms with Crippen molar-refractivity contribution in [3.8, 4) is 0 Å². The molecule has 0 aliphatic carbocycles. The van der Waals surface area contributed by atoms with Crippen LogP contribution in [-0.4, -0.2) is 31.2 Å². The van der Waals surface area contributed by atoms with Crippen molar-refractivity contribution < 1.29 is 4.74 Å². The third kappa shape index (κ3) is 4.29. The van der Waals surface area contributed by atoms with E-state index in [0.717, 1.165) is 13.0 Å². The summed E-state index contributed by atoms with van der Waals surface area (Å²) in [5.41, 5.74) is 0.0499. The van der Waals surface area contributed by atoms with Gasteiger partial charge in [0.05, 0.1) is 6.10 Å². The summed E-state index contributed by atoms with van der Waals surface area (Å²) in [6, 6.07) is 0. The van der Waals surface area contributed by atoms with Crippen LogP contribution in [0.25, 0.3) is 0 Å². The smallest absolute Gasteiger partial charge is 0.0667 e. The van der Waals surface area contributed by atoms with Crippen molar-refractivity contribution in [2.75, 3.05) is 19.5 Å². The Labute approximate surface area is 80.6 Å². The molecule has 0 aromatic heterocycles. The SMILES string of the molecule is CCC(C)(CCl)NCC(C)OC. The number of methoxy groups -OCH3 is 1. The highest BCUT2D eigenvalue weighted by atomic mass is 35.5. The Morgan fingerprint density at radius 2 is 2.17 bits per heavy atom. The molecule has 0 spiro atoms. The van der Waals surface area contributed by atoms with Crippen molar-refractivity contribution in [3.05, 3.63) is 0 Å². The number of hydrogen-bond donors (Lipinski definition) is 1. The maximum Gasteiger partial charge on any atom is 0.0667 e. The van der Waals surface area contributed by atoms with Crippen LogP contribution in [0.15, 0.2) is 0 Å². The van der Waals surface area contributed by atoms with E-state index < -0.39 is 0 Å². The largest absolute Gasteiger partial charge is 0.380 e. The Kier molecular flexibility index (Phi) is 5.89. The van der Waals surface area contributed by atoms with E-state index in [-0.39, 0.29) is 11.6 Å². The Hall–Kier alpha value is 0.210. The van der Waals surface area contributed by atoms with Crippen LogP contribution in [0.3, 0.4) is 0 Å². The molecule has 74 valence electrons. The molecular weight excluding hydrogens is 174 g/mol. The molecule has 0 fully saturated rings. The van der Waals surface area contributed by atoms with Gasteiger partial charge in [-0.05, 0) is 20.3 Å². The monoisotopic (exact) mass is 193 g/mol. The molecule has 0 aliphatic heterocycles. The number of alkyl halides is 1. The lowest BCUT2D eigenvalue weighted by molar-refractivity contribution is 0.109. The number of hydrogen-bond acceptors (Lipinski definition) is 2. The van der Waals surface area contributed by atoms with Crippen LogP contribution in [0.1, 0.15) is 27.2 Å². The highest BCUT2D eigenvalue weighted by Gasteiger charge is 2.20. The summed E-state index contributed by atoms with van der Waals surface area (Å²) in [7, 11) is 1.72. The fourth-order valence-electron chi connectivity index (χ4n) is 0.740. The molecule has 0 aromatic rings. The molecule has 0 aliphatic rings. The van der Waals surface area contributed by atoms with Gasteiger partial charge < -0.3 is 10.1 Å². The van der Waals surface area contributed by atoms with Gasteiger partial charge in [-0.3, -0.25) is 0 Å². The normalized spacial score (nSPS) is 18.8. The highest BCUT2D eigenvalue weighted by Crippen LogP contribution is 2.10. The molecule has 0 radical (unpaired) electrons. The van der Waals surface area contributed by atoms with Crippen LogP contribution in [0.2, 0.25) is 0 Å². The highest BCUT2D eigenvalue weighted by molar-refractivity contribution is 6.18. The van der Waals surface area contributed by atoms with E-state index in [9.17, 15) is 0 Å². The zero-order chi connectivity index (χ0) is 9.61. The summed E-state index contributed by atoms with van der Waals surface area (Å²) >= 11 is 5.83. The van der Waals surface area contributed by atoms with Crippen LogP contribution >= 0.6 is 11.6 Å². The predicted molar refractivity (Wildman–Crippen MR) is 53.9 cm³/mol. The van der Waals surface area contributed by atoms with E-state index in [0.29, 0.717) is 5.88 Å². The molecule has 0 saturated heterocycles. The predicted octanol–water partition coefficient (Wildman–Crippen LogP) is 2.02. The average Bonchev–Trinajstić information content (AvgIpc) is 2.13. The maximum atomic E-state index is 5.83. The van der Waals surface area contributed by atoms with Crippen molar-refractivity contribution in [3.63, 3.8) is 0 Å². The molecule has 0 saturated carbocycles. The molecule has 3 heteroatoms. The summed E-state index contributed by atoms with van der Waals surface area (Å²) in [5.74, 6) is 0.639.